The first-order valence-corrected chi connectivity index (χ1v) is 6.98. The first-order chi connectivity index (χ1) is 9.24. The highest BCUT2D eigenvalue weighted by Gasteiger charge is 2.28. The first-order valence-electron chi connectivity index (χ1n) is 6.19. The number of benzene rings is 1. The van der Waals surface area contributed by atoms with Crippen molar-refractivity contribution >= 4 is 21.8 Å². The monoisotopic (exact) mass is 320 g/mol. The lowest BCUT2D eigenvalue weighted by Crippen LogP contribution is -2.23. The Hall–Kier alpha value is -1.62. The zero-order valence-electron chi connectivity index (χ0n) is 10.2. The quantitative estimate of drug-likeness (QED) is 0.940. The van der Waals surface area contributed by atoms with Gasteiger partial charge in [0.1, 0.15) is 5.76 Å². The Morgan fingerprint density at radius 3 is 3.00 bits per heavy atom. The van der Waals surface area contributed by atoms with E-state index in [2.05, 4.69) is 26.2 Å². The highest BCUT2D eigenvalue weighted by atomic mass is 79.9. The maximum absolute atomic E-state index is 12.2. The van der Waals surface area contributed by atoms with E-state index >= 15 is 0 Å². The molecule has 4 nitrogen and oxygen atoms in total. The van der Waals surface area contributed by atoms with Gasteiger partial charge in [0.15, 0.2) is 6.39 Å². The fraction of sp³-hybridized carbons (Fsp3) is 0.286. The first kappa shape index (κ1) is 12.4. The summed E-state index contributed by atoms with van der Waals surface area (Å²) in [6.45, 7) is 0.360. The van der Waals surface area contributed by atoms with Crippen LogP contribution in [-0.4, -0.2) is 10.9 Å². The zero-order valence-corrected chi connectivity index (χ0v) is 11.8. The van der Waals surface area contributed by atoms with E-state index in [0.29, 0.717) is 18.2 Å². The number of hydrogen-bond donors (Lipinski definition) is 1. The molecule has 19 heavy (non-hydrogen) atoms. The van der Waals surface area contributed by atoms with E-state index in [1.807, 2.05) is 18.2 Å². The summed E-state index contributed by atoms with van der Waals surface area (Å²) in [5.41, 5.74) is 1.88. The number of amides is 1. The van der Waals surface area contributed by atoms with Gasteiger partial charge in [-0.2, -0.15) is 0 Å². The topological polar surface area (TPSA) is 55.1 Å². The van der Waals surface area contributed by atoms with Crippen LogP contribution in [-0.2, 0) is 6.54 Å². The summed E-state index contributed by atoms with van der Waals surface area (Å²) in [6.07, 6.45) is 5.29. The van der Waals surface area contributed by atoms with Gasteiger partial charge in [0.25, 0.3) is 5.91 Å². The molecule has 2 aromatic rings. The summed E-state index contributed by atoms with van der Waals surface area (Å²) in [5.74, 6) is 1.12. The van der Waals surface area contributed by atoms with E-state index in [-0.39, 0.29) is 5.91 Å². The lowest BCUT2D eigenvalue weighted by molar-refractivity contribution is 0.0947. The van der Waals surface area contributed by atoms with Gasteiger partial charge in [0.2, 0.25) is 0 Å². The van der Waals surface area contributed by atoms with Crippen LogP contribution in [0.1, 0.15) is 40.4 Å². The standard InChI is InChI=1S/C14H13BrN2O2/c15-10-3-4-12(13(5-10)9-1-2-9)14(18)17-7-11-6-16-8-19-11/h3-6,8-9H,1-2,7H2,(H,17,18). The van der Waals surface area contributed by atoms with Crippen molar-refractivity contribution in [2.75, 3.05) is 0 Å². The maximum atomic E-state index is 12.2. The van der Waals surface area contributed by atoms with E-state index < -0.39 is 0 Å². The number of carbonyl (C=O) groups excluding carboxylic acids is 1. The molecule has 1 saturated carbocycles. The van der Waals surface area contributed by atoms with Gasteiger partial charge >= 0.3 is 0 Å². The summed E-state index contributed by atoms with van der Waals surface area (Å²) < 4.78 is 6.11. The van der Waals surface area contributed by atoms with Gasteiger partial charge in [0, 0.05) is 10.0 Å². The SMILES string of the molecule is O=C(NCc1cnco1)c1ccc(Br)cc1C1CC1. The molecule has 0 aliphatic heterocycles. The minimum atomic E-state index is -0.0641. The molecule has 1 aliphatic rings. The molecule has 0 atom stereocenters. The smallest absolute Gasteiger partial charge is 0.251 e. The van der Waals surface area contributed by atoms with Crippen LogP contribution in [0.25, 0.3) is 0 Å². The number of hydrogen-bond acceptors (Lipinski definition) is 3. The van der Waals surface area contributed by atoms with Gasteiger partial charge < -0.3 is 9.73 Å². The minimum absolute atomic E-state index is 0.0641. The van der Waals surface area contributed by atoms with Gasteiger partial charge in [-0.15, -0.1) is 0 Å². The van der Waals surface area contributed by atoms with E-state index in [1.165, 1.54) is 19.2 Å². The van der Waals surface area contributed by atoms with Crippen LogP contribution in [0, 0.1) is 0 Å². The van der Waals surface area contributed by atoms with Crippen LogP contribution < -0.4 is 5.32 Å². The Balaban J connectivity index is 1.75. The zero-order chi connectivity index (χ0) is 13.2. The molecule has 1 aliphatic carbocycles. The maximum Gasteiger partial charge on any atom is 0.251 e. The molecule has 1 heterocycles. The Morgan fingerprint density at radius 2 is 2.32 bits per heavy atom. The Kier molecular flexibility index (Phi) is 3.38. The lowest BCUT2D eigenvalue weighted by atomic mass is 10.0. The summed E-state index contributed by atoms with van der Waals surface area (Å²) in [5, 5.41) is 2.86. The van der Waals surface area contributed by atoms with Gasteiger partial charge in [0.05, 0.1) is 12.7 Å². The molecule has 3 rings (SSSR count). The van der Waals surface area contributed by atoms with Crippen molar-refractivity contribution in [3.8, 4) is 0 Å². The van der Waals surface area contributed by atoms with E-state index in [9.17, 15) is 4.79 Å². The summed E-state index contributed by atoms with van der Waals surface area (Å²) >= 11 is 3.46. The van der Waals surface area contributed by atoms with Crippen molar-refractivity contribution in [1.29, 1.82) is 0 Å². The molecular formula is C14H13BrN2O2. The number of carbonyl (C=O) groups is 1. The molecule has 0 radical (unpaired) electrons. The van der Waals surface area contributed by atoms with Crippen molar-refractivity contribution < 1.29 is 9.21 Å². The normalized spacial score (nSPS) is 14.4. The van der Waals surface area contributed by atoms with Crippen LogP contribution in [0.15, 0.2) is 39.7 Å². The summed E-state index contributed by atoms with van der Waals surface area (Å²) in [4.78, 5) is 16.0. The molecule has 1 N–H and O–H groups in total. The predicted molar refractivity (Wildman–Crippen MR) is 73.8 cm³/mol. The fourth-order valence-corrected chi connectivity index (χ4v) is 2.44. The van der Waals surface area contributed by atoms with Crippen molar-refractivity contribution in [1.82, 2.24) is 10.3 Å². The van der Waals surface area contributed by atoms with E-state index in [1.54, 1.807) is 6.20 Å². The van der Waals surface area contributed by atoms with Crippen LogP contribution >= 0.6 is 15.9 Å². The second-order valence-electron chi connectivity index (χ2n) is 4.66. The van der Waals surface area contributed by atoms with Crippen LogP contribution in [0.2, 0.25) is 0 Å². The highest BCUT2D eigenvalue weighted by molar-refractivity contribution is 9.10. The number of nitrogens with one attached hydrogen (secondary N) is 1. The van der Waals surface area contributed by atoms with Crippen molar-refractivity contribution in [2.45, 2.75) is 25.3 Å². The van der Waals surface area contributed by atoms with Gasteiger partial charge in [-0.3, -0.25) is 4.79 Å². The molecule has 0 unspecified atom stereocenters. The third kappa shape index (κ3) is 2.87. The van der Waals surface area contributed by atoms with Crippen LogP contribution in [0.5, 0.6) is 0 Å². The average Bonchev–Trinajstić information content (AvgIpc) is 3.13. The summed E-state index contributed by atoms with van der Waals surface area (Å²) in [7, 11) is 0. The molecule has 1 fully saturated rings. The molecular weight excluding hydrogens is 308 g/mol. The fourth-order valence-electron chi connectivity index (χ4n) is 2.06. The van der Waals surface area contributed by atoms with Crippen molar-refractivity contribution in [3.63, 3.8) is 0 Å². The Morgan fingerprint density at radius 1 is 1.47 bits per heavy atom. The molecule has 1 aromatic heterocycles. The second kappa shape index (κ2) is 5.17. The third-order valence-electron chi connectivity index (χ3n) is 3.18. The van der Waals surface area contributed by atoms with Crippen LogP contribution in [0.4, 0.5) is 0 Å². The molecule has 98 valence electrons. The highest BCUT2D eigenvalue weighted by Crippen LogP contribution is 2.42. The number of halogens is 1. The van der Waals surface area contributed by atoms with Crippen molar-refractivity contribution in [2.24, 2.45) is 0 Å². The molecule has 5 heteroatoms. The number of oxazole rings is 1. The van der Waals surface area contributed by atoms with Gasteiger partial charge in [-0.05, 0) is 42.5 Å². The second-order valence-corrected chi connectivity index (χ2v) is 5.57. The molecule has 0 saturated heterocycles. The lowest BCUT2D eigenvalue weighted by Gasteiger charge is -2.09. The average molecular weight is 321 g/mol. The van der Waals surface area contributed by atoms with Gasteiger partial charge in [-0.25, -0.2) is 4.98 Å². The minimum Gasteiger partial charge on any atom is -0.447 e. The predicted octanol–water partition coefficient (Wildman–Crippen LogP) is 3.24. The van der Waals surface area contributed by atoms with E-state index in [0.717, 1.165) is 15.6 Å². The summed E-state index contributed by atoms with van der Waals surface area (Å²) in [6, 6.07) is 5.81. The largest absolute Gasteiger partial charge is 0.447 e. The Labute approximate surface area is 119 Å². The molecule has 0 bridgehead atoms. The number of aromatic nitrogens is 1. The molecule has 1 aromatic carbocycles. The Bertz CT molecular complexity index is 591. The van der Waals surface area contributed by atoms with Crippen molar-refractivity contribution in [3.05, 3.63) is 52.1 Å². The number of nitrogens with zero attached hydrogens (tertiary/aromatic N) is 1. The molecule has 0 spiro atoms. The molecule has 1 amide bonds. The van der Waals surface area contributed by atoms with Crippen LogP contribution in [0.3, 0.4) is 0 Å². The van der Waals surface area contributed by atoms with Gasteiger partial charge in [-0.1, -0.05) is 15.9 Å². The number of rotatable bonds is 4. The van der Waals surface area contributed by atoms with E-state index in [4.69, 9.17) is 4.42 Å². The third-order valence-corrected chi connectivity index (χ3v) is 3.68.